The second-order valence-electron chi connectivity index (χ2n) is 4.53. The number of likely N-dealkylation sites (tertiary alicyclic amines) is 1. The van der Waals surface area contributed by atoms with Gasteiger partial charge in [0.2, 0.25) is 5.91 Å². The smallest absolute Gasteiger partial charge is 0.228 e. The Hall–Kier alpha value is -1.34. The van der Waals surface area contributed by atoms with E-state index in [0.717, 1.165) is 29.3 Å². The number of nitriles is 1. The van der Waals surface area contributed by atoms with Gasteiger partial charge in [0.05, 0.1) is 12.5 Å². The van der Waals surface area contributed by atoms with Crippen LogP contribution in [-0.2, 0) is 11.2 Å². The molecule has 1 saturated heterocycles. The zero-order chi connectivity index (χ0) is 13.0. The highest BCUT2D eigenvalue weighted by Crippen LogP contribution is 2.18. The fourth-order valence-corrected chi connectivity index (χ4v) is 2.51. The standard InChI is InChI=1S/C14H15BrN2O/c15-12-6-4-11(5-7-12)9-14(18)17-8-2-1-3-13(17)10-16/h4-7,13H,1-3,8-9H2. The van der Waals surface area contributed by atoms with Crippen LogP contribution in [0.5, 0.6) is 0 Å². The minimum absolute atomic E-state index is 0.0589. The number of hydrogen-bond donors (Lipinski definition) is 0. The zero-order valence-electron chi connectivity index (χ0n) is 10.1. The van der Waals surface area contributed by atoms with Crippen LogP contribution in [0.15, 0.2) is 28.7 Å². The van der Waals surface area contributed by atoms with Gasteiger partial charge in [-0.25, -0.2) is 0 Å². The highest BCUT2D eigenvalue weighted by molar-refractivity contribution is 9.10. The number of hydrogen-bond acceptors (Lipinski definition) is 2. The highest BCUT2D eigenvalue weighted by Gasteiger charge is 2.26. The van der Waals surface area contributed by atoms with Gasteiger partial charge in [-0.2, -0.15) is 5.26 Å². The third-order valence-corrected chi connectivity index (χ3v) is 3.77. The van der Waals surface area contributed by atoms with Gasteiger partial charge in [0, 0.05) is 11.0 Å². The quantitative estimate of drug-likeness (QED) is 0.843. The maximum Gasteiger partial charge on any atom is 0.228 e. The Morgan fingerprint density at radius 3 is 2.78 bits per heavy atom. The van der Waals surface area contributed by atoms with Gasteiger partial charge >= 0.3 is 0 Å². The van der Waals surface area contributed by atoms with E-state index >= 15 is 0 Å². The number of rotatable bonds is 2. The topological polar surface area (TPSA) is 44.1 Å². The minimum Gasteiger partial charge on any atom is -0.326 e. The molecule has 0 radical (unpaired) electrons. The summed E-state index contributed by atoms with van der Waals surface area (Å²) in [6, 6.07) is 9.73. The molecule has 1 unspecified atom stereocenters. The summed E-state index contributed by atoms with van der Waals surface area (Å²) in [5.74, 6) is 0.0589. The van der Waals surface area contributed by atoms with Crippen LogP contribution < -0.4 is 0 Å². The fraction of sp³-hybridized carbons (Fsp3) is 0.429. The van der Waals surface area contributed by atoms with E-state index in [1.165, 1.54) is 0 Å². The number of carbonyl (C=O) groups is 1. The average Bonchev–Trinajstić information content (AvgIpc) is 2.41. The maximum atomic E-state index is 12.2. The third kappa shape index (κ3) is 3.11. The van der Waals surface area contributed by atoms with E-state index in [1.54, 1.807) is 4.90 Å². The molecule has 1 atom stereocenters. The van der Waals surface area contributed by atoms with E-state index in [0.29, 0.717) is 13.0 Å². The SMILES string of the molecule is N#CC1CCCCN1C(=O)Cc1ccc(Br)cc1. The Morgan fingerprint density at radius 1 is 1.39 bits per heavy atom. The Kier molecular flexibility index (Phi) is 4.38. The van der Waals surface area contributed by atoms with E-state index in [1.807, 2.05) is 24.3 Å². The highest BCUT2D eigenvalue weighted by atomic mass is 79.9. The van der Waals surface area contributed by atoms with Crippen molar-refractivity contribution in [2.24, 2.45) is 0 Å². The van der Waals surface area contributed by atoms with Crippen molar-refractivity contribution in [3.05, 3.63) is 34.3 Å². The molecular weight excluding hydrogens is 292 g/mol. The Bertz CT molecular complexity index is 464. The van der Waals surface area contributed by atoms with Gasteiger partial charge in [0.1, 0.15) is 6.04 Å². The van der Waals surface area contributed by atoms with Crippen molar-refractivity contribution in [3.63, 3.8) is 0 Å². The van der Waals surface area contributed by atoms with Crippen LogP contribution in [0.3, 0.4) is 0 Å². The summed E-state index contributed by atoms with van der Waals surface area (Å²) in [7, 11) is 0. The molecule has 0 N–H and O–H groups in total. The predicted octanol–water partition coefficient (Wildman–Crippen LogP) is 2.90. The van der Waals surface area contributed by atoms with Gasteiger partial charge in [0.25, 0.3) is 0 Å². The summed E-state index contributed by atoms with van der Waals surface area (Å²) in [5.41, 5.74) is 0.991. The molecule has 0 bridgehead atoms. The van der Waals surface area contributed by atoms with Crippen molar-refractivity contribution >= 4 is 21.8 Å². The molecule has 1 amide bonds. The second kappa shape index (κ2) is 6.01. The van der Waals surface area contributed by atoms with Crippen molar-refractivity contribution in [1.82, 2.24) is 4.90 Å². The first-order valence-corrected chi connectivity index (χ1v) is 6.93. The summed E-state index contributed by atoms with van der Waals surface area (Å²) in [6.45, 7) is 0.716. The lowest BCUT2D eigenvalue weighted by Crippen LogP contribution is -2.43. The fourth-order valence-electron chi connectivity index (χ4n) is 2.24. The van der Waals surface area contributed by atoms with Crippen molar-refractivity contribution in [2.75, 3.05) is 6.54 Å². The van der Waals surface area contributed by atoms with Crippen LogP contribution in [-0.4, -0.2) is 23.4 Å². The van der Waals surface area contributed by atoms with E-state index in [4.69, 9.17) is 5.26 Å². The largest absolute Gasteiger partial charge is 0.326 e. The van der Waals surface area contributed by atoms with Crippen molar-refractivity contribution in [3.8, 4) is 6.07 Å². The van der Waals surface area contributed by atoms with Crippen LogP contribution >= 0.6 is 15.9 Å². The molecule has 1 fully saturated rings. The number of piperidine rings is 1. The summed E-state index contributed by atoms with van der Waals surface area (Å²) in [4.78, 5) is 13.9. The summed E-state index contributed by atoms with van der Waals surface area (Å²) < 4.78 is 1.01. The lowest BCUT2D eigenvalue weighted by molar-refractivity contribution is -0.132. The Balaban J connectivity index is 2.02. The van der Waals surface area contributed by atoms with E-state index in [-0.39, 0.29) is 11.9 Å². The van der Waals surface area contributed by atoms with Crippen LogP contribution in [0.2, 0.25) is 0 Å². The lowest BCUT2D eigenvalue weighted by Gasteiger charge is -2.31. The minimum atomic E-state index is -0.235. The normalized spacial score (nSPS) is 19.3. The number of nitrogens with zero attached hydrogens (tertiary/aromatic N) is 2. The van der Waals surface area contributed by atoms with Gasteiger partial charge in [-0.3, -0.25) is 4.79 Å². The number of carbonyl (C=O) groups excluding carboxylic acids is 1. The molecule has 1 heterocycles. The van der Waals surface area contributed by atoms with Crippen molar-refractivity contribution in [1.29, 1.82) is 5.26 Å². The predicted molar refractivity (Wildman–Crippen MR) is 72.8 cm³/mol. The molecule has 0 aliphatic carbocycles. The number of amides is 1. The first-order chi connectivity index (χ1) is 8.70. The molecule has 4 heteroatoms. The molecular formula is C14H15BrN2O. The molecule has 0 spiro atoms. The summed E-state index contributed by atoms with van der Waals surface area (Å²) >= 11 is 3.37. The zero-order valence-corrected chi connectivity index (χ0v) is 11.7. The van der Waals surface area contributed by atoms with Gasteiger partial charge < -0.3 is 4.90 Å². The Labute approximate surface area is 116 Å². The van der Waals surface area contributed by atoms with Crippen molar-refractivity contribution in [2.45, 2.75) is 31.7 Å². The molecule has 1 aliphatic rings. The van der Waals surface area contributed by atoms with Gasteiger partial charge in [-0.1, -0.05) is 28.1 Å². The lowest BCUT2D eigenvalue weighted by atomic mass is 10.0. The molecule has 2 rings (SSSR count). The average molecular weight is 307 g/mol. The van der Waals surface area contributed by atoms with E-state index in [2.05, 4.69) is 22.0 Å². The summed E-state index contributed by atoms with van der Waals surface area (Å²) in [5, 5.41) is 9.06. The molecule has 1 aromatic carbocycles. The number of halogens is 1. The van der Waals surface area contributed by atoms with Crippen molar-refractivity contribution < 1.29 is 4.79 Å². The molecule has 3 nitrogen and oxygen atoms in total. The van der Waals surface area contributed by atoms with Gasteiger partial charge in [-0.05, 0) is 37.0 Å². The molecule has 1 aliphatic heterocycles. The monoisotopic (exact) mass is 306 g/mol. The molecule has 18 heavy (non-hydrogen) atoms. The molecule has 94 valence electrons. The van der Waals surface area contributed by atoms with E-state index < -0.39 is 0 Å². The Morgan fingerprint density at radius 2 is 2.11 bits per heavy atom. The second-order valence-corrected chi connectivity index (χ2v) is 5.45. The van der Waals surface area contributed by atoms with E-state index in [9.17, 15) is 4.79 Å². The van der Waals surface area contributed by atoms with Gasteiger partial charge in [-0.15, -0.1) is 0 Å². The number of benzene rings is 1. The van der Waals surface area contributed by atoms with Crippen LogP contribution in [0.4, 0.5) is 0 Å². The van der Waals surface area contributed by atoms with Gasteiger partial charge in [0.15, 0.2) is 0 Å². The maximum absolute atomic E-state index is 12.2. The molecule has 1 aromatic rings. The molecule has 0 saturated carbocycles. The summed E-state index contributed by atoms with van der Waals surface area (Å²) in [6.07, 6.45) is 3.23. The third-order valence-electron chi connectivity index (χ3n) is 3.24. The van der Waals surface area contributed by atoms with Crippen LogP contribution in [0.25, 0.3) is 0 Å². The molecule has 0 aromatic heterocycles. The first-order valence-electron chi connectivity index (χ1n) is 6.14. The van der Waals surface area contributed by atoms with Crippen LogP contribution in [0.1, 0.15) is 24.8 Å². The first kappa shape index (κ1) is 13.1. The van der Waals surface area contributed by atoms with Crippen LogP contribution in [0, 0.1) is 11.3 Å².